The van der Waals surface area contributed by atoms with Crippen LogP contribution in [-0.4, -0.2) is 5.97 Å². The first-order valence-electron chi connectivity index (χ1n) is 6.50. The number of anilines is 2. The molecule has 0 aliphatic rings. The Bertz CT molecular complexity index is 753. The molecular weight excluding hydrogens is 309 g/mol. The molecule has 0 radical (unpaired) electrons. The SMILES string of the molecule is Nc1ccc(COC(=O)/C=C/c2cc(F)c(F)c(F)c2)c(N)c1. The van der Waals surface area contributed by atoms with Crippen LogP contribution < -0.4 is 11.5 Å². The molecule has 2 aromatic carbocycles. The molecule has 2 aromatic rings. The normalized spacial score (nSPS) is 10.9. The van der Waals surface area contributed by atoms with Gasteiger partial charge < -0.3 is 16.2 Å². The fraction of sp³-hybridized carbons (Fsp3) is 0.0625. The number of carbonyl (C=O) groups is 1. The molecule has 0 spiro atoms. The van der Waals surface area contributed by atoms with Gasteiger partial charge in [0.1, 0.15) is 6.61 Å². The summed E-state index contributed by atoms with van der Waals surface area (Å²) in [4.78, 5) is 11.6. The van der Waals surface area contributed by atoms with Gasteiger partial charge in [0.2, 0.25) is 0 Å². The lowest BCUT2D eigenvalue weighted by atomic mass is 10.2. The number of nitrogen functional groups attached to an aromatic ring is 2. The fourth-order valence-corrected chi connectivity index (χ4v) is 1.78. The van der Waals surface area contributed by atoms with E-state index in [0.29, 0.717) is 16.9 Å². The Labute approximate surface area is 130 Å². The van der Waals surface area contributed by atoms with Gasteiger partial charge in [0, 0.05) is 23.0 Å². The molecule has 0 atom stereocenters. The quantitative estimate of drug-likeness (QED) is 0.392. The lowest BCUT2D eigenvalue weighted by molar-refractivity contribution is -0.138. The minimum absolute atomic E-state index is 0.00894. The van der Waals surface area contributed by atoms with Crippen LogP contribution in [0.2, 0.25) is 0 Å². The molecule has 4 nitrogen and oxygen atoms in total. The molecule has 0 aliphatic carbocycles. The molecule has 0 heterocycles. The van der Waals surface area contributed by atoms with Crippen LogP contribution in [0.25, 0.3) is 6.08 Å². The maximum absolute atomic E-state index is 13.0. The number of rotatable bonds is 4. The zero-order chi connectivity index (χ0) is 17.0. The number of nitrogens with two attached hydrogens (primary N) is 2. The zero-order valence-electron chi connectivity index (χ0n) is 11.9. The molecule has 0 saturated heterocycles. The van der Waals surface area contributed by atoms with Crippen molar-refractivity contribution in [2.45, 2.75) is 6.61 Å². The first kappa shape index (κ1) is 16.4. The van der Waals surface area contributed by atoms with Crippen molar-refractivity contribution in [3.05, 3.63) is 65.0 Å². The highest BCUT2D eigenvalue weighted by Gasteiger charge is 2.09. The van der Waals surface area contributed by atoms with Crippen molar-refractivity contribution in [3.8, 4) is 0 Å². The van der Waals surface area contributed by atoms with Crippen LogP contribution >= 0.6 is 0 Å². The molecule has 0 aliphatic heterocycles. The monoisotopic (exact) mass is 322 g/mol. The summed E-state index contributed by atoms with van der Waals surface area (Å²) in [6.45, 7) is -0.0819. The van der Waals surface area contributed by atoms with Crippen LogP contribution in [0.15, 0.2) is 36.4 Å². The lowest BCUT2D eigenvalue weighted by Crippen LogP contribution is -2.03. The molecule has 2 rings (SSSR count). The van der Waals surface area contributed by atoms with Crippen molar-refractivity contribution in [1.29, 1.82) is 0 Å². The summed E-state index contributed by atoms with van der Waals surface area (Å²) < 4.78 is 43.8. The third-order valence-electron chi connectivity index (χ3n) is 2.96. The molecule has 0 saturated carbocycles. The van der Waals surface area contributed by atoms with Crippen molar-refractivity contribution < 1.29 is 22.7 Å². The number of esters is 1. The predicted octanol–water partition coefficient (Wildman–Crippen LogP) is 3.02. The summed E-state index contributed by atoms with van der Waals surface area (Å²) in [6, 6.07) is 6.29. The molecule has 120 valence electrons. The largest absolute Gasteiger partial charge is 0.458 e. The highest BCUT2D eigenvalue weighted by molar-refractivity contribution is 5.87. The second-order valence-corrected chi connectivity index (χ2v) is 4.70. The van der Waals surface area contributed by atoms with Crippen LogP contribution in [0.1, 0.15) is 11.1 Å². The first-order valence-corrected chi connectivity index (χ1v) is 6.50. The summed E-state index contributed by atoms with van der Waals surface area (Å²) in [5.74, 6) is -4.99. The first-order chi connectivity index (χ1) is 10.9. The third kappa shape index (κ3) is 4.26. The maximum atomic E-state index is 13.0. The molecule has 0 amide bonds. The van der Waals surface area contributed by atoms with Crippen LogP contribution in [0, 0.1) is 17.5 Å². The molecule has 4 N–H and O–H groups in total. The number of hydrogen-bond donors (Lipinski definition) is 2. The van der Waals surface area contributed by atoms with E-state index in [1.807, 2.05) is 0 Å². The van der Waals surface area contributed by atoms with E-state index in [0.717, 1.165) is 24.3 Å². The minimum Gasteiger partial charge on any atom is -0.458 e. The maximum Gasteiger partial charge on any atom is 0.331 e. The van der Waals surface area contributed by atoms with Gasteiger partial charge in [0.25, 0.3) is 0 Å². The molecule has 23 heavy (non-hydrogen) atoms. The van der Waals surface area contributed by atoms with Gasteiger partial charge in [0.05, 0.1) is 0 Å². The summed E-state index contributed by atoms with van der Waals surface area (Å²) in [7, 11) is 0. The van der Waals surface area contributed by atoms with Gasteiger partial charge in [-0.1, -0.05) is 6.07 Å². The Kier molecular flexibility index (Phi) is 4.90. The second-order valence-electron chi connectivity index (χ2n) is 4.70. The Morgan fingerprint density at radius 2 is 1.74 bits per heavy atom. The molecule has 0 unspecified atom stereocenters. The Balaban J connectivity index is 1.99. The predicted molar refractivity (Wildman–Crippen MR) is 80.4 cm³/mol. The van der Waals surface area contributed by atoms with Gasteiger partial charge in [-0.15, -0.1) is 0 Å². The van der Waals surface area contributed by atoms with E-state index in [1.54, 1.807) is 12.1 Å². The summed E-state index contributed by atoms with van der Waals surface area (Å²) in [6.07, 6.45) is 2.08. The molecule has 7 heteroatoms. The molecule has 0 fully saturated rings. The van der Waals surface area contributed by atoms with E-state index in [-0.39, 0.29) is 12.2 Å². The molecular formula is C16H13F3N2O2. The average molecular weight is 322 g/mol. The smallest absolute Gasteiger partial charge is 0.331 e. The van der Waals surface area contributed by atoms with Crippen LogP contribution in [0.3, 0.4) is 0 Å². The van der Waals surface area contributed by atoms with Gasteiger partial charge in [-0.3, -0.25) is 0 Å². The standard InChI is InChI=1S/C16H13F3N2O2/c17-12-5-9(6-13(18)16(12)19)1-4-15(22)23-8-10-2-3-11(20)7-14(10)21/h1-7H,8,20-21H2/b4-1+. The summed E-state index contributed by atoms with van der Waals surface area (Å²) >= 11 is 0. The van der Waals surface area contributed by atoms with Gasteiger partial charge in [-0.05, 0) is 35.9 Å². The van der Waals surface area contributed by atoms with Gasteiger partial charge >= 0.3 is 5.97 Å². The Morgan fingerprint density at radius 1 is 1.09 bits per heavy atom. The van der Waals surface area contributed by atoms with Gasteiger partial charge in [0.15, 0.2) is 17.5 Å². The Morgan fingerprint density at radius 3 is 2.35 bits per heavy atom. The fourth-order valence-electron chi connectivity index (χ4n) is 1.78. The number of halogens is 3. The van der Waals surface area contributed by atoms with Crippen molar-refractivity contribution >= 4 is 23.4 Å². The van der Waals surface area contributed by atoms with E-state index in [4.69, 9.17) is 16.2 Å². The molecule has 0 aromatic heterocycles. The van der Waals surface area contributed by atoms with E-state index in [1.165, 1.54) is 6.07 Å². The van der Waals surface area contributed by atoms with Crippen LogP contribution in [-0.2, 0) is 16.1 Å². The lowest BCUT2D eigenvalue weighted by Gasteiger charge is -2.06. The number of hydrogen-bond acceptors (Lipinski definition) is 4. The summed E-state index contributed by atoms with van der Waals surface area (Å²) in [5.41, 5.74) is 12.7. The van der Waals surface area contributed by atoms with Gasteiger partial charge in [-0.25, -0.2) is 18.0 Å². The number of ether oxygens (including phenoxy) is 1. The van der Waals surface area contributed by atoms with Crippen LogP contribution in [0.5, 0.6) is 0 Å². The molecule has 0 bridgehead atoms. The van der Waals surface area contributed by atoms with E-state index in [9.17, 15) is 18.0 Å². The van der Waals surface area contributed by atoms with Crippen molar-refractivity contribution in [1.82, 2.24) is 0 Å². The Hall–Kier alpha value is -2.96. The number of carbonyl (C=O) groups excluding carboxylic acids is 1. The summed E-state index contributed by atoms with van der Waals surface area (Å²) in [5, 5.41) is 0. The topological polar surface area (TPSA) is 78.3 Å². The van der Waals surface area contributed by atoms with E-state index in [2.05, 4.69) is 0 Å². The number of benzene rings is 2. The highest BCUT2D eigenvalue weighted by atomic mass is 19.2. The second kappa shape index (κ2) is 6.87. The van der Waals surface area contributed by atoms with Gasteiger partial charge in [-0.2, -0.15) is 0 Å². The average Bonchev–Trinajstić information content (AvgIpc) is 2.49. The van der Waals surface area contributed by atoms with Crippen LogP contribution in [0.4, 0.5) is 24.5 Å². The van der Waals surface area contributed by atoms with Crippen molar-refractivity contribution in [2.24, 2.45) is 0 Å². The minimum atomic E-state index is -1.57. The van der Waals surface area contributed by atoms with Crippen molar-refractivity contribution in [3.63, 3.8) is 0 Å². The van der Waals surface area contributed by atoms with E-state index >= 15 is 0 Å². The highest BCUT2D eigenvalue weighted by Crippen LogP contribution is 2.17. The third-order valence-corrected chi connectivity index (χ3v) is 2.96. The van der Waals surface area contributed by atoms with Crippen molar-refractivity contribution in [2.75, 3.05) is 11.5 Å². The van der Waals surface area contributed by atoms with E-state index < -0.39 is 23.4 Å². The zero-order valence-corrected chi connectivity index (χ0v) is 11.9.